The first kappa shape index (κ1) is 18.0. The lowest BCUT2D eigenvalue weighted by molar-refractivity contribution is 0.0497. The van der Waals surface area contributed by atoms with Crippen molar-refractivity contribution in [2.75, 3.05) is 6.61 Å². The van der Waals surface area contributed by atoms with E-state index in [-0.39, 0.29) is 10.5 Å². The summed E-state index contributed by atoms with van der Waals surface area (Å²) in [5.41, 5.74) is 0.798. The summed E-state index contributed by atoms with van der Waals surface area (Å²) in [5.74, 6) is -0.518. The number of esters is 1. The largest absolute Gasteiger partial charge is 0.462 e. The molecule has 1 aromatic rings. The van der Waals surface area contributed by atoms with Gasteiger partial charge in [0.1, 0.15) is 0 Å². The van der Waals surface area contributed by atoms with Crippen molar-refractivity contribution >= 4 is 25.7 Å². The molecule has 0 unspecified atom stereocenters. The first-order chi connectivity index (χ1) is 9.90. The smallest absolute Gasteiger partial charge is 0.338 e. The molecule has 118 valence electrons. The summed E-state index contributed by atoms with van der Waals surface area (Å²) in [5, 5.41) is 0. The van der Waals surface area contributed by atoms with Gasteiger partial charge in [-0.05, 0) is 30.5 Å². The van der Waals surface area contributed by atoms with E-state index in [4.69, 9.17) is 15.4 Å². The summed E-state index contributed by atoms with van der Waals surface area (Å²) in [4.78, 5) is 11.9. The van der Waals surface area contributed by atoms with Crippen LogP contribution in [0.2, 0.25) is 0 Å². The molecule has 0 heterocycles. The van der Waals surface area contributed by atoms with Crippen LogP contribution in [-0.4, -0.2) is 21.0 Å². The van der Waals surface area contributed by atoms with Crippen LogP contribution in [0.15, 0.2) is 23.1 Å². The molecule has 0 fully saturated rings. The van der Waals surface area contributed by atoms with Crippen molar-refractivity contribution in [1.82, 2.24) is 0 Å². The van der Waals surface area contributed by atoms with Crippen LogP contribution in [0.3, 0.4) is 0 Å². The number of carbonyl (C=O) groups excluding carboxylic acids is 1. The molecule has 0 saturated carbocycles. The van der Waals surface area contributed by atoms with Crippen LogP contribution in [-0.2, 0) is 20.2 Å². The van der Waals surface area contributed by atoms with Crippen LogP contribution < -0.4 is 0 Å². The molecule has 6 heteroatoms. The quantitative estimate of drug-likeness (QED) is 0.411. The maximum atomic E-state index is 11.9. The highest BCUT2D eigenvalue weighted by Gasteiger charge is 2.18. The Morgan fingerprint density at radius 2 is 1.90 bits per heavy atom. The van der Waals surface area contributed by atoms with Crippen molar-refractivity contribution in [3.05, 3.63) is 29.3 Å². The highest BCUT2D eigenvalue weighted by Crippen LogP contribution is 2.22. The summed E-state index contributed by atoms with van der Waals surface area (Å²) in [7, 11) is 1.53. The Morgan fingerprint density at radius 1 is 1.19 bits per heavy atom. The molecule has 0 aliphatic rings. The van der Waals surface area contributed by atoms with Crippen LogP contribution in [0.25, 0.3) is 0 Å². The zero-order valence-corrected chi connectivity index (χ0v) is 14.0. The lowest BCUT2D eigenvalue weighted by atomic mass is 10.1. The van der Waals surface area contributed by atoms with Gasteiger partial charge in [0, 0.05) is 10.7 Å². The van der Waals surface area contributed by atoms with Crippen molar-refractivity contribution in [2.45, 2.75) is 50.8 Å². The Hall–Kier alpha value is -1.07. The minimum Gasteiger partial charge on any atom is -0.462 e. The van der Waals surface area contributed by atoms with E-state index >= 15 is 0 Å². The number of aryl methyl sites for hydroxylation is 1. The fraction of sp³-hybridized carbons (Fsp3) is 0.533. The lowest BCUT2D eigenvalue weighted by Gasteiger charge is -2.08. The van der Waals surface area contributed by atoms with E-state index in [1.54, 1.807) is 12.1 Å². The molecule has 0 amide bonds. The minimum atomic E-state index is -3.87. The number of carbonyl (C=O) groups is 1. The average Bonchev–Trinajstić information content (AvgIpc) is 2.45. The van der Waals surface area contributed by atoms with E-state index in [1.165, 1.54) is 6.07 Å². The Labute approximate surface area is 130 Å². The van der Waals surface area contributed by atoms with Gasteiger partial charge >= 0.3 is 5.97 Å². The number of hydrogen-bond donors (Lipinski definition) is 0. The third kappa shape index (κ3) is 5.67. The Morgan fingerprint density at radius 3 is 2.48 bits per heavy atom. The van der Waals surface area contributed by atoms with E-state index in [2.05, 4.69) is 6.92 Å². The highest BCUT2D eigenvalue weighted by molar-refractivity contribution is 8.13. The van der Waals surface area contributed by atoms with E-state index in [0.29, 0.717) is 18.6 Å². The fourth-order valence-electron chi connectivity index (χ4n) is 1.98. The molecule has 21 heavy (non-hydrogen) atoms. The van der Waals surface area contributed by atoms with Crippen molar-refractivity contribution in [2.24, 2.45) is 0 Å². The topological polar surface area (TPSA) is 60.4 Å². The van der Waals surface area contributed by atoms with Crippen molar-refractivity contribution in [3.63, 3.8) is 0 Å². The first-order valence-corrected chi connectivity index (χ1v) is 9.45. The summed E-state index contributed by atoms with van der Waals surface area (Å²) >= 11 is 0. The van der Waals surface area contributed by atoms with Crippen LogP contribution in [0, 0.1) is 0 Å². The number of hydrogen-bond acceptors (Lipinski definition) is 4. The SMILES string of the molecule is CCCCCCOC(=O)c1ccc(CC)c(S(=O)(=O)Cl)c1. The standard InChI is InChI=1S/C15H21ClO4S/c1-3-5-6-7-10-20-15(17)13-9-8-12(4-2)14(11-13)21(16,18)19/h8-9,11H,3-7,10H2,1-2H3. The maximum absolute atomic E-state index is 11.9. The molecule has 4 nitrogen and oxygen atoms in total. The summed E-state index contributed by atoms with van der Waals surface area (Å²) in [6, 6.07) is 4.46. The number of ether oxygens (including phenoxy) is 1. The minimum absolute atomic E-state index is 0.0212. The zero-order valence-electron chi connectivity index (χ0n) is 12.4. The van der Waals surface area contributed by atoms with E-state index in [9.17, 15) is 13.2 Å². The molecule has 0 radical (unpaired) electrons. The van der Waals surface area contributed by atoms with E-state index in [1.807, 2.05) is 6.92 Å². The normalized spacial score (nSPS) is 11.4. The zero-order chi connectivity index (χ0) is 15.9. The van der Waals surface area contributed by atoms with Gasteiger partial charge in [0.25, 0.3) is 9.05 Å². The number of unbranched alkanes of at least 4 members (excludes halogenated alkanes) is 3. The third-order valence-corrected chi connectivity index (χ3v) is 4.58. The lowest BCUT2D eigenvalue weighted by Crippen LogP contribution is -2.08. The Bertz CT molecular complexity index is 581. The second-order valence-corrected chi connectivity index (χ2v) is 7.34. The van der Waals surface area contributed by atoms with Crippen LogP contribution in [0.4, 0.5) is 0 Å². The molecule has 1 rings (SSSR count). The molecule has 0 aromatic heterocycles. The number of rotatable bonds is 8. The molecular formula is C15H21ClO4S. The summed E-state index contributed by atoms with van der Waals surface area (Å²) < 4.78 is 28.2. The van der Waals surface area contributed by atoms with Gasteiger partial charge in [-0.1, -0.05) is 39.2 Å². The van der Waals surface area contributed by atoms with Gasteiger partial charge in [-0.25, -0.2) is 13.2 Å². The van der Waals surface area contributed by atoms with Gasteiger partial charge in [-0.2, -0.15) is 0 Å². The van der Waals surface area contributed by atoms with Gasteiger partial charge in [0.05, 0.1) is 17.1 Å². The summed E-state index contributed by atoms with van der Waals surface area (Å²) in [6.07, 6.45) is 4.57. The van der Waals surface area contributed by atoms with Gasteiger partial charge in [-0.15, -0.1) is 0 Å². The monoisotopic (exact) mass is 332 g/mol. The summed E-state index contributed by atoms with van der Waals surface area (Å²) in [6.45, 7) is 4.28. The molecule has 0 atom stereocenters. The molecule has 0 aliphatic heterocycles. The van der Waals surface area contributed by atoms with Gasteiger partial charge < -0.3 is 4.74 Å². The average molecular weight is 333 g/mol. The second-order valence-electron chi connectivity index (χ2n) is 4.81. The molecule has 1 aromatic carbocycles. The third-order valence-electron chi connectivity index (χ3n) is 3.18. The predicted octanol–water partition coefficient (Wildman–Crippen LogP) is 3.91. The maximum Gasteiger partial charge on any atom is 0.338 e. The Kier molecular flexibility index (Phi) is 7.18. The van der Waals surface area contributed by atoms with Gasteiger partial charge in [0.2, 0.25) is 0 Å². The molecular weight excluding hydrogens is 312 g/mol. The fourth-order valence-corrected chi connectivity index (χ4v) is 3.20. The van der Waals surface area contributed by atoms with Crippen LogP contribution in [0.1, 0.15) is 55.5 Å². The number of halogens is 1. The predicted molar refractivity (Wildman–Crippen MR) is 83.3 cm³/mol. The van der Waals surface area contributed by atoms with E-state index in [0.717, 1.165) is 25.7 Å². The molecule has 0 N–H and O–H groups in total. The van der Waals surface area contributed by atoms with Crippen LogP contribution >= 0.6 is 10.7 Å². The van der Waals surface area contributed by atoms with E-state index < -0.39 is 15.0 Å². The molecule has 0 aliphatic carbocycles. The van der Waals surface area contributed by atoms with Gasteiger partial charge in [0.15, 0.2) is 0 Å². The molecule has 0 bridgehead atoms. The highest BCUT2D eigenvalue weighted by atomic mass is 35.7. The molecule has 0 spiro atoms. The van der Waals surface area contributed by atoms with Gasteiger partial charge in [-0.3, -0.25) is 0 Å². The van der Waals surface area contributed by atoms with Crippen molar-refractivity contribution < 1.29 is 17.9 Å². The van der Waals surface area contributed by atoms with Crippen molar-refractivity contribution in [1.29, 1.82) is 0 Å². The molecule has 0 saturated heterocycles. The number of benzene rings is 1. The second kappa shape index (κ2) is 8.39. The first-order valence-electron chi connectivity index (χ1n) is 7.14. The Balaban J connectivity index is 2.77. The van der Waals surface area contributed by atoms with Crippen molar-refractivity contribution in [3.8, 4) is 0 Å². The van der Waals surface area contributed by atoms with Crippen LogP contribution in [0.5, 0.6) is 0 Å².